The third-order valence-corrected chi connectivity index (χ3v) is 2.05. The summed E-state index contributed by atoms with van der Waals surface area (Å²) >= 11 is 0. The van der Waals surface area contributed by atoms with Gasteiger partial charge in [0.1, 0.15) is 0 Å². The molecule has 0 aromatic carbocycles. The Hall–Kier alpha value is -0.870. The first kappa shape index (κ1) is 15.1. The van der Waals surface area contributed by atoms with Crippen molar-refractivity contribution in [2.45, 2.75) is 52.2 Å². The van der Waals surface area contributed by atoms with Crippen LogP contribution in [0.5, 0.6) is 0 Å². The van der Waals surface area contributed by atoms with Gasteiger partial charge in [0, 0.05) is 0 Å². The molecule has 94 valence electrons. The van der Waals surface area contributed by atoms with Crippen LogP contribution in [0.3, 0.4) is 0 Å². The Morgan fingerprint density at radius 3 is 2.50 bits per heavy atom. The Morgan fingerprint density at radius 1 is 1.56 bits per heavy atom. The molecule has 0 saturated carbocycles. The molecule has 0 heterocycles. The van der Waals surface area contributed by atoms with E-state index in [0.29, 0.717) is 6.42 Å². The lowest BCUT2D eigenvalue weighted by Crippen LogP contribution is -2.40. The molecule has 0 fully saturated rings. The first-order valence-electron chi connectivity index (χ1n) is 5.60. The normalized spacial score (nSPS) is 15.3. The highest BCUT2D eigenvalue weighted by Crippen LogP contribution is 2.14. The fraction of sp³-hybridized carbons (Fsp3) is 0.750. The zero-order chi connectivity index (χ0) is 12.8. The molecule has 0 aromatic rings. The quantitative estimate of drug-likeness (QED) is 0.539. The van der Waals surface area contributed by atoms with Crippen molar-refractivity contribution in [1.29, 1.82) is 0 Å². The topological polar surface area (TPSA) is 58.6 Å². The first-order valence-corrected chi connectivity index (χ1v) is 5.60. The van der Waals surface area contributed by atoms with Crippen molar-refractivity contribution in [2.75, 3.05) is 0 Å². The summed E-state index contributed by atoms with van der Waals surface area (Å²) in [5, 5.41) is 9.61. The molecule has 0 aromatic heterocycles. The summed E-state index contributed by atoms with van der Waals surface area (Å²) in [7, 11) is 0. The Kier molecular flexibility index (Phi) is 6.29. The number of nitrogens with one attached hydrogen (secondary N) is 1. The summed E-state index contributed by atoms with van der Waals surface area (Å²) < 4.78 is 0. The van der Waals surface area contributed by atoms with Crippen LogP contribution in [0.25, 0.3) is 0 Å². The second-order valence-corrected chi connectivity index (χ2v) is 4.80. The summed E-state index contributed by atoms with van der Waals surface area (Å²) in [5.41, 5.74) is 1.94. The SMILES string of the molecule is C=C[C@H](O)[C@H](CCC)C(=O)NOC(C)(C)C. The van der Waals surface area contributed by atoms with Crippen LogP contribution in [0, 0.1) is 5.92 Å². The minimum atomic E-state index is -0.830. The minimum absolute atomic E-state index is 0.302. The highest BCUT2D eigenvalue weighted by molar-refractivity contribution is 5.78. The van der Waals surface area contributed by atoms with E-state index in [1.54, 1.807) is 0 Å². The maximum absolute atomic E-state index is 11.7. The van der Waals surface area contributed by atoms with Gasteiger partial charge in [0.2, 0.25) is 5.91 Å². The fourth-order valence-corrected chi connectivity index (χ4v) is 1.21. The molecule has 4 nitrogen and oxygen atoms in total. The fourth-order valence-electron chi connectivity index (χ4n) is 1.21. The van der Waals surface area contributed by atoms with E-state index in [9.17, 15) is 9.90 Å². The number of rotatable bonds is 6. The van der Waals surface area contributed by atoms with Gasteiger partial charge >= 0.3 is 0 Å². The van der Waals surface area contributed by atoms with Crippen LogP contribution in [-0.4, -0.2) is 22.7 Å². The van der Waals surface area contributed by atoms with Crippen LogP contribution in [0.4, 0.5) is 0 Å². The van der Waals surface area contributed by atoms with Gasteiger partial charge in [-0.05, 0) is 27.2 Å². The monoisotopic (exact) mass is 229 g/mol. The van der Waals surface area contributed by atoms with E-state index < -0.39 is 17.6 Å². The maximum Gasteiger partial charge on any atom is 0.249 e. The van der Waals surface area contributed by atoms with E-state index in [-0.39, 0.29) is 5.91 Å². The first-order chi connectivity index (χ1) is 7.31. The molecule has 0 aliphatic carbocycles. The molecule has 0 aliphatic heterocycles. The predicted molar refractivity (Wildman–Crippen MR) is 63.6 cm³/mol. The summed E-state index contributed by atoms with van der Waals surface area (Å²) in [4.78, 5) is 16.9. The zero-order valence-electron chi connectivity index (χ0n) is 10.6. The molecule has 0 spiro atoms. The molecule has 0 saturated heterocycles. The summed E-state index contributed by atoms with van der Waals surface area (Å²) in [5.74, 6) is -0.797. The van der Waals surface area contributed by atoms with Crippen LogP contribution in [0.15, 0.2) is 12.7 Å². The summed E-state index contributed by atoms with van der Waals surface area (Å²) in [6.45, 7) is 11.0. The Labute approximate surface area is 97.6 Å². The standard InChI is InChI=1S/C12H23NO3/c1-6-8-9(10(14)7-2)11(15)13-16-12(3,4)5/h7,9-10,14H,2,6,8H2,1,3-5H3,(H,13,15)/t9-,10-/m0/s1. The lowest BCUT2D eigenvalue weighted by Gasteiger charge is -2.23. The molecule has 2 atom stereocenters. The lowest BCUT2D eigenvalue weighted by atomic mass is 9.96. The van der Waals surface area contributed by atoms with Crippen LogP contribution in [0.1, 0.15) is 40.5 Å². The second kappa shape index (κ2) is 6.66. The molecule has 2 N–H and O–H groups in total. The second-order valence-electron chi connectivity index (χ2n) is 4.80. The maximum atomic E-state index is 11.7. The van der Waals surface area contributed by atoms with Crippen molar-refractivity contribution in [1.82, 2.24) is 5.48 Å². The number of amides is 1. The Morgan fingerprint density at radius 2 is 2.12 bits per heavy atom. The van der Waals surface area contributed by atoms with Crippen molar-refractivity contribution >= 4 is 5.91 Å². The van der Waals surface area contributed by atoms with Crippen molar-refractivity contribution in [3.05, 3.63) is 12.7 Å². The number of carbonyl (C=O) groups excluding carboxylic acids is 1. The Balaban J connectivity index is 4.33. The minimum Gasteiger partial charge on any atom is -0.388 e. The van der Waals surface area contributed by atoms with Crippen molar-refractivity contribution in [2.24, 2.45) is 5.92 Å². The molecular formula is C12H23NO3. The molecule has 0 unspecified atom stereocenters. The highest BCUT2D eigenvalue weighted by atomic mass is 16.7. The summed E-state index contributed by atoms with van der Waals surface area (Å²) in [6.07, 6.45) is 1.96. The molecule has 4 heteroatoms. The van der Waals surface area contributed by atoms with Crippen LogP contribution in [-0.2, 0) is 9.63 Å². The van der Waals surface area contributed by atoms with Crippen LogP contribution in [0.2, 0.25) is 0 Å². The largest absolute Gasteiger partial charge is 0.388 e. The van der Waals surface area contributed by atoms with Gasteiger partial charge in [-0.3, -0.25) is 9.63 Å². The van der Waals surface area contributed by atoms with Gasteiger partial charge in [-0.25, -0.2) is 5.48 Å². The van der Waals surface area contributed by atoms with Gasteiger partial charge in [-0.15, -0.1) is 6.58 Å². The lowest BCUT2D eigenvalue weighted by molar-refractivity contribution is -0.152. The van der Waals surface area contributed by atoms with Crippen LogP contribution < -0.4 is 5.48 Å². The molecule has 0 radical (unpaired) electrons. The summed E-state index contributed by atoms with van der Waals surface area (Å²) in [6, 6.07) is 0. The van der Waals surface area contributed by atoms with Gasteiger partial charge in [0.05, 0.1) is 17.6 Å². The number of hydroxylamine groups is 1. The molecular weight excluding hydrogens is 206 g/mol. The third-order valence-electron chi connectivity index (χ3n) is 2.05. The van der Waals surface area contributed by atoms with Gasteiger partial charge < -0.3 is 5.11 Å². The molecule has 0 bridgehead atoms. The smallest absolute Gasteiger partial charge is 0.249 e. The molecule has 16 heavy (non-hydrogen) atoms. The van der Waals surface area contributed by atoms with E-state index in [0.717, 1.165) is 6.42 Å². The van der Waals surface area contributed by atoms with Gasteiger partial charge in [0.15, 0.2) is 0 Å². The number of aliphatic hydroxyl groups is 1. The third kappa shape index (κ3) is 5.88. The highest BCUT2D eigenvalue weighted by Gasteiger charge is 2.25. The van der Waals surface area contributed by atoms with E-state index in [1.807, 2.05) is 27.7 Å². The van der Waals surface area contributed by atoms with Gasteiger partial charge in [-0.1, -0.05) is 19.4 Å². The average Bonchev–Trinajstić information content (AvgIpc) is 2.20. The predicted octanol–water partition coefficient (Wildman–Crippen LogP) is 1.80. The molecule has 0 rings (SSSR count). The number of aliphatic hydroxyl groups excluding tert-OH is 1. The number of hydrogen-bond donors (Lipinski definition) is 2. The van der Waals surface area contributed by atoms with E-state index in [2.05, 4.69) is 12.1 Å². The van der Waals surface area contributed by atoms with E-state index >= 15 is 0 Å². The van der Waals surface area contributed by atoms with Gasteiger partial charge in [0.25, 0.3) is 0 Å². The van der Waals surface area contributed by atoms with Gasteiger partial charge in [-0.2, -0.15) is 0 Å². The Bertz CT molecular complexity index is 233. The van der Waals surface area contributed by atoms with Crippen molar-refractivity contribution in [3.63, 3.8) is 0 Å². The zero-order valence-corrected chi connectivity index (χ0v) is 10.6. The molecule has 1 amide bonds. The van der Waals surface area contributed by atoms with Crippen LogP contribution >= 0.6 is 0 Å². The number of carbonyl (C=O) groups is 1. The number of hydrogen-bond acceptors (Lipinski definition) is 3. The molecule has 0 aliphatic rings. The van der Waals surface area contributed by atoms with E-state index in [1.165, 1.54) is 6.08 Å². The van der Waals surface area contributed by atoms with Crippen molar-refractivity contribution < 1.29 is 14.7 Å². The van der Waals surface area contributed by atoms with E-state index in [4.69, 9.17) is 4.84 Å². The average molecular weight is 229 g/mol. The van der Waals surface area contributed by atoms with Crippen molar-refractivity contribution in [3.8, 4) is 0 Å².